The Labute approximate surface area is 124 Å². The van der Waals surface area contributed by atoms with E-state index < -0.39 is 0 Å². The van der Waals surface area contributed by atoms with Gasteiger partial charge in [-0.1, -0.05) is 23.8 Å². The van der Waals surface area contributed by atoms with Gasteiger partial charge < -0.3 is 0 Å². The number of nitrogens with one attached hydrogen (secondary N) is 1. The lowest BCUT2D eigenvalue weighted by atomic mass is 10.1. The molecule has 0 fully saturated rings. The van der Waals surface area contributed by atoms with Crippen molar-refractivity contribution in [2.45, 2.75) is 6.92 Å². The SMILES string of the molecule is Cc1ccc(C(=O)N/N=C/c2ccc(F)c(Br)c2)cc1. The Morgan fingerprint density at radius 1 is 1.25 bits per heavy atom. The van der Waals surface area contributed by atoms with Crippen LogP contribution < -0.4 is 5.43 Å². The monoisotopic (exact) mass is 334 g/mol. The molecule has 2 aromatic carbocycles. The van der Waals surface area contributed by atoms with Crippen LogP contribution in [0, 0.1) is 12.7 Å². The Kier molecular flexibility index (Phi) is 4.63. The van der Waals surface area contributed by atoms with E-state index >= 15 is 0 Å². The Morgan fingerprint density at radius 3 is 2.60 bits per heavy atom. The van der Waals surface area contributed by atoms with Crippen LogP contribution in [-0.4, -0.2) is 12.1 Å². The summed E-state index contributed by atoms with van der Waals surface area (Å²) in [6.07, 6.45) is 1.45. The second kappa shape index (κ2) is 6.43. The maximum atomic E-state index is 13.0. The van der Waals surface area contributed by atoms with E-state index in [1.165, 1.54) is 12.3 Å². The zero-order chi connectivity index (χ0) is 14.5. The molecule has 0 aliphatic heterocycles. The van der Waals surface area contributed by atoms with Crippen molar-refractivity contribution in [1.29, 1.82) is 0 Å². The van der Waals surface area contributed by atoms with Gasteiger partial charge in [-0.05, 0) is 52.7 Å². The molecule has 2 rings (SSSR count). The molecule has 0 aromatic heterocycles. The molecule has 1 N–H and O–H groups in total. The number of halogens is 2. The van der Waals surface area contributed by atoms with Gasteiger partial charge in [0.05, 0.1) is 10.7 Å². The van der Waals surface area contributed by atoms with Gasteiger partial charge in [0.25, 0.3) is 5.91 Å². The molecule has 3 nitrogen and oxygen atoms in total. The molecule has 2 aromatic rings. The number of hydrogen-bond donors (Lipinski definition) is 1. The highest BCUT2D eigenvalue weighted by Gasteiger charge is 2.03. The standard InChI is InChI=1S/C15H12BrFN2O/c1-10-2-5-12(6-3-10)15(20)19-18-9-11-4-7-14(17)13(16)8-11/h2-9H,1H3,(H,19,20)/b18-9+. The van der Waals surface area contributed by atoms with E-state index in [2.05, 4.69) is 26.5 Å². The summed E-state index contributed by atoms with van der Waals surface area (Å²) >= 11 is 3.09. The van der Waals surface area contributed by atoms with Gasteiger partial charge in [0, 0.05) is 5.56 Å². The third kappa shape index (κ3) is 3.74. The lowest BCUT2D eigenvalue weighted by Crippen LogP contribution is -2.17. The molecule has 0 aliphatic carbocycles. The number of carbonyl (C=O) groups is 1. The second-order valence-electron chi connectivity index (χ2n) is 4.24. The smallest absolute Gasteiger partial charge is 0.267 e. The molecule has 0 atom stereocenters. The number of aryl methyl sites for hydroxylation is 1. The van der Waals surface area contributed by atoms with Gasteiger partial charge in [-0.2, -0.15) is 5.10 Å². The lowest BCUT2D eigenvalue weighted by molar-refractivity contribution is 0.0955. The predicted octanol–water partition coefficient (Wildman–Crippen LogP) is 3.66. The first-order valence-corrected chi connectivity index (χ1v) is 6.70. The number of benzene rings is 2. The largest absolute Gasteiger partial charge is 0.271 e. The zero-order valence-corrected chi connectivity index (χ0v) is 12.3. The number of rotatable bonds is 3. The molecular weight excluding hydrogens is 323 g/mol. The van der Waals surface area contributed by atoms with Crippen molar-refractivity contribution in [2.75, 3.05) is 0 Å². The first-order chi connectivity index (χ1) is 9.56. The summed E-state index contributed by atoms with van der Waals surface area (Å²) in [6.45, 7) is 1.95. The van der Waals surface area contributed by atoms with Gasteiger partial charge in [0.2, 0.25) is 0 Å². The molecule has 0 unspecified atom stereocenters. The minimum atomic E-state index is -0.342. The summed E-state index contributed by atoms with van der Waals surface area (Å²) < 4.78 is 13.4. The molecule has 20 heavy (non-hydrogen) atoms. The molecule has 1 amide bonds. The molecular formula is C15H12BrFN2O. The van der Waals surface area contributed by atoms with Crippen molar-refractivity contribution in [2.24, 2.45) is 5.10 Å². The van der Waals surface area contributed by atoms with Crippen LogP contribution in [-0.2, 0) is 0 Å². The van der Waals surface area contributed by atoms with Gasteiger partial charge in [-0.15, -0.1) is 0 Å². The van der Waals surface area contributed by atoms with Crippen LogP contribution in [0.25, 0.3) is 0 Å². The predicted molar refractivity (Wildman–Crippen MR) is 80.3 cm³/mol. The van der Waals surface area contributed by atoms with Crippen molar-refractivity contribution in [1.82, 2.24) is 5.43 Å². The second-order valence-corrected chi connectivity index (χ2v) is 5.09. The lowest BCUT2D eigenvalue weighted by Gasteiger charge is -2.00. The van der Waals surface area contributed by atoms with E-state index in [0.717, 1.165) is 5.56 Å². The summed E-state index contributed by atoms with van der Waals surface area (Å²) in [4.78, 5) is 11.8. The third-order valence-corrected chi connectivity index (χ3v) is 3.24. The van der Waals surface area contributed by atoms with Crippen LogP contribution in [0.5, 0.6) is 0 Å². The van der Waals surface area contributed by atoms with Crippen molar-refractivity contribution < 1.29 is 9.18 Å². The number of carbonyl (C=O) groups excluding carboxylic acids is 1. The summed E-state index contributed by atoms with van der Waals surface area (Å²) in [7, 11) is 0. The van der Waals surface area contributed by atoms with Crippen LogP contribution >= 0.6 is 15.9 Å². The van der Waals surface area contributed by atoms with Crippen LogP contribution in [0.15, 0.2) is 52.0 Å². The number of amides is 1. The van der Waals surface area contributed by atoms with E-state index in [0.29, 0.717) is 15.6 Å². The molecule has 102 valence electrons. The van der Waals surface area contributed by atoms with Gasteiger partial charge in [0.1, 0.15) is 5.82 Å². The Hall–Kier alpha value is -2.01. The van der Waals surface area contributed by atoms with Gasteiger partial charge in [-0.3, -0.25) is 4.79 Å². The molecule has 0 saturated heterocycles. The van der Waals surface area contributed by atoms with Gasteiger partial charge in [-0.25, -0.2) is 9.82 Å². The van der Waals surface area contributed by atoms with E-state index in [4.69, 9.17) is 0 Å². The molecule has 5 heteroatoms. The van der Waals surface area contributed by atoms with Crippen molar-refractivity contribution in [3.63, 3.8) is 0 Å². The first-order valence-electron chi connectivity index (χ1n) is 5.91. The molecule has 0 radical (unpaired) electrons. The summed E-state index contributed by atoms with van der Waals surface area (Å²) in [5, 5.41) is 3.84. The van der Waals surface area contributed by atoms with Crippen LogP contribution in [0.4, 0.5) is 4.39 Å². The Balaban J connectivity index is 2.00. The highest BCUT2D eigenvalue weighted by Crippen LogP contribution is 2.15. The average Bonchev–Trinajstić information content (AvgIpc) is 2.43. The normalized spacial score (nSPS) is 10.8. The first kappa shape index (κ1) is 14.4. The summed E-state index contributed by atoms with van der Waals surface area (Å²) in [5.41, 5.74) is 4.72. The van der Waals surface area contributed by atoms with Crippen molar-refractivity contribution in [3.8, 4) is 0 Å². The number of nitrogens with zero attached hydrogens (tertiary/aromatic N) is 1. The van der Waals surface area contributed by atoms with Crippen LogP contribution in [0.1, 0.15) is 21.5 Å². The van der Waals surface area contributed by atoms with E-state index in [9.17, 15) is 9.18 Å². The molecule has 0 bridgehead atoms. The fraction of sp³-hybridized carbons (Fsp3) is 0.0667. The van der Waals surface area contributed by atoms with Crippen molar-refractivity contribution in [3.05, 3.63) is 69.4 Å². The van der Waals surface area contributed by atoms with Gasteiger partial charge in [0.15, 0.2) is 0 Å². The molecule has 0 heterocycles. The average molecular weight is 335 g/mol. The maximum Gasteiger partial charge on any atom is 0.271 e. The summed E-state index contributed by atoms with van der Waals surface area (Å²) in [5.74, 6) is -0.631. The highest BCUT2D eigenvalue weighted by atomic mass is 79.9. The Morgan fingerprint density at radius 2 is 1.95 bits per heavy atom. The zero-order valence-electron chi connectivity index (χ0n) is 10.7. The van der Waals surface area contributed by atoms with Crippen LogP contribution in [0.3, 0.4) is 0 Å². The quantitative estimate of drug-likeness (QED) is 0.675. The van der Waals surface area contributed by atoms with E-state index in [1.54, 1.807) is 24.3 Å². The van der Waals surface area contributed by atoms with E-state index in [-0.39, 0.29) is 11.7 Å². The maximum absolute atomic E-state index is 13.0. The minimum absolute atomic E-state index is 0.289. The molecule has 0 aliphatic rings. The summed E-state index contributed by atoms with van der Waals surface area (Å²) in [6, 6.07) is 11.7. The topological polar surface area (TPSA) is 41.5 Å². The fourth-order valence-electron chi connectivity index (χ4n) is 1.53. The molecule has 0 spiro atoms. The fourth-order valence-corrected chi connectivity index (χ4v) is 1.92. The highest BCUT2D eigenvalue weighted by molar-refractivity contribution is 9.10. The van der Waals surface area contributed by atoms with Gasteiger partial charge >= 0.3 is 0 Å². The van der Waals surface area contributed by atoms with E-state index in [1.807, 2.05) is 19.1 Å². The Bertz CT molecular complexity index is 653. The third-order valence-electron chi connectivity index (χ3n) is 2.64. The van der Waals surface area contributed by atoms with Crippen molar-refractivity contribution >= 4 is 28.1 Å². The van der Waals surface area contributed by atoms with Crippen LogP contribution in [0.2, 0.25) is 0 Å². The number of hydrogen-bond acceptors (Lipinski definition) is 2. The molecule has 0 saturated carbocycles. The minimum Gasteiger partial charge on any atom is -0.267 e. The number of hydrazone groups is 1.